The molecule has 0 radical (unpaired) electrons. The molecule has 0 saturated heterocycles. The first kappa shape index (κ1) is 13.9. The van der Waals surface area contributed by atoms with Gasteiger partial charge in [0, 0.05) is 6.61 Å². The molecule has 0 aliphatic rings. The second kappa shape index (κ2) is 9.47. The minimum absolute atomic E-state index is 0.205. The molecule has 14 heavy (non-hydrogen) atoms. The number of aliphatic hydroxyl groups excluding tert-OH is 2. The summed E-state index contributed by atoms with van der Waals surface area (Å²) in [5.41, 5.74) is 0. The monoisotopic (exact) mass is 202 g/mol. The van der Waals surface area contributed by atoms with E-state index in [1.54, 1.807) is 0 Å². The molecule has 0 aromatic carbocycles. The van der Waals surface area contributed by atoms with Gasteiger partial charge in [0.25, 0.3) is 0 Å². The standard InChI is InChI=1S/C12H26O2/c1-3-5-7-11(10-13)9-12(14)8-6-4-2/h11-14H,3-10H2,1-2H3. The van der Waals surface area contributed by atoms with Crippen LogP contribution in [0.25, 0.3) is 0 Å². The van der Waals surface area contributed by atoms with Crippen molar-refractivity contribution in [1.82, 2.24) is 0 Å². The van der Waals surface area contributed by atoms with Crippen molar-refractivity contribution in [3.63, 3.8) is 0 Å². The summed E-state index contributed by atoms with van der Waals surface area (Å²) in [5.74, 6) is 0.307. The molecule has 2 unspecified atom stereocenters. The molecule has 0 aromatic rings. The fourth-order valence-corrected chi connectivity index (χ4v) is 1.72. The largest absolute Gasteiger partial charge is 0.396 e. The fraction of sp³-hybridized carbons (Fsp3) is 1.00. The van der Waals surface area contributed by atoms with Crippen LogP contribution in [0.15, 0.2) is 0 Å². The van der Waals surface area contributed by atoms with Gasteiger partial charge in [-0.1, -0.05) is 39.5 Å². The summed E-state index contributed by atoms with van der Waals surface area (Å²) >= 11 is 0. The van der Waals surface area contributed by atoms with Crippen molar-refractivity contribution >= 4 is 0 Å². The average Bonchev–Trinajstić information content (AvgIpc) is 2.21. The van der Waals surface area contributed by atoms with Gasteiger partial charge in [0.05, 0.1) is 6.10 Å². The molecule has 0 spiro atoms. The number of hydrogen-bond acceptors (Lipinski definition) is 2. The summed E-state index contributed by atoms with van der Waals surface area (Å²) in [6.07, 6.45) is 7.06. The Kier molecular flexibility index (Phi) is 9.42. The van der Waals surface area contributed by atoms with E-state index in [0.717, 1.165) is 38.5 Å². The van der Waals surface area contributed by atoms with Gasteiger partial charge in [0.1, 0.15) is 0 Å². The Balaban J connectivity index is 3.57. The number of hydrogen-bond donors (Lipinski definition) is 2. The summed E-state index contributed by atoms with van der Waals surface area (Å²) in [5, 5.41) is 18.8. The topological polar surface area (TPSA) is 40.5 Å². The predicted octanol–water partition coefficient (Wildman–Crippen LogP) is 2.73. The number of rotatable bonds is 9. The maximum atomic E-state index is 9.67. The normalized spacial score (nSPS) is 15.4. The summed E-state index contributed by atoms with van der Waals surface area (Å²) < 4.78 is 0. The van der Waals surface area contributed by atoms with Gasteiger partial charge in [-0.25, -0.2) is 0 Å². The van der Waals surface area contributed by atoms with E-state index in [1.807, 2.05) is 0 Å². The second-order valence-electron chi connectivity index (χ2n) is 4.22. The summed E-state index contributed by atoms with van der Waals surface area (Å²) in [6, 6.07) is 0. The average molecular weight is 202 g/mol. The highest BCUT2D eigenvalue weighted by atomic mass is 16.3. The van der Waals surface area contributed by atoms with E-state index < -0.39 is 0 Å². The summed E-state index contributed by atoms with van der Waals surface area (Å²) in [4.78, 5) is 0. The van der Waals surface area contributed by atoms with Crippen molar-refractivity contribution in [3.05, 3.63) is 0 Å². The van der Waals surface area contributed by atoms with E-state index in [-0.39, 0.29) is 12.7 Å². The third-order valence-corrected chi connectivity index (χ3v) is 2.72. The molecule has 0 bridgehead atoms. The maximum Gasteiger partial charge on any atom is 0.0543 e. The van der Waals surface area contributed by atoms with Crippen molar-refractivity contribution in [2.24, 2.45) is 5.92 Å². The van der Waals surface area contributed by atoms with Crippen LogP contribution in [0, 0.1) is 5.92 Å². The molecule has 0 saturated carbocycles. The predicted molar refractivity (Wildman–Crippen MR) is 60.2 cm³/mol. The first-order valence-electron chi connectivity index (χ1n) is 6.03. The lowest BCUT2D eigenvalue weighted by Gasteiger charge is -2.17. The molecule has 2 heteroatoms. The van der Waals surface area contributed by atoms with Crippen LogP contribution in [0.3, 0.4) is 0 Å². The number of unbranched alkanes of at least 4 members (excludes halogenated alkanes) is 2. The fourth-order valence-electron chi connectivity index (χ4n) is 1.72. The van der Waals surface area contributed by atoms with Crippen LogP contribution in [0.4, 0.5) is 0 Å². The van der Waals surface area contributed by atoms with Gasteiger partial charge < -0.3 is 10.2 Å². The first-order chi connectivity index (χ1) is 6.74. The van der Waals surface area contributed by atoms with Gasteiger partial charge in [-0.05, 0) is 25.2 Å². The molecule has 0 amide bonds. The maximum absolute atomic E-state index is 9.67. The molecule has 0 aliphatic heterocycles. The Hall–Kier alpha value is -0.0800. The zero-order valence-corrected chi connectivity index (χ0v) is 9.71. The van der Waals surface area contributed by atoms with E-state index >= 15 is 0 Å². The first-order valence-corrected chi connectivity index (χ1v) is 6.03. The van der Waals surface area contributed by atoms with Crippen LogP contribution in [0.2, 0.25) is 0 Å². The van der Waals surface area contributed by atoms with Crippen molar-refractivity contribution in [2.75, 3.05) is 6.61 Å². The van der Waals surface area contributed by atoms with Crippen LogP contribution >= 0.6 is 0 Å². The zero-order valence-electron chi connectivity index (χ0n) is 9.71. The Labute approximate surface area is 88.3 Å². The Morgan fingerprint density at radius 2 is 1.57 bits per heavy atom. The van der Waals surface area contributed by atoms with Gasteiger partial charge in [0.2, 0.25) is 0 Å². The lowest BCUT2D eigenvalue weighted by Crippen LogP contribution is -2.16. The summed E-state index contributed by atoms with van der Waals surface area (Å²) in [6.45, 7) is 4.51. The van der Waals surface area contributed by atoms with Crippen LogP contribution in [-0.4, -0.2) is 22.9 Å². The minimum atomic E-state index is -0.205. The quantitative estimate of drug-likeness (QED) is 0.603. The van der Waals surface area contributed by atoms with Crippen LogP contribution in [0.1, 0.15) is 58.8 Å². The van der Waals surface area contributed by atoms with Crippen LogP contribution in [0.5, 0.6) is 0 Å². The summed E-state index contributed by atoms with van der Waals surface area (Å²) in [7, 11) is 0. The Bertz CT molecular complexity index is 115. The van der Waals surface area contributed by atoms with Crippen molar-refractivity contribution in [1.29, 1.82) is 0 Å². The molecular weight excluding hydrogens is 176 g/mol. The molecule has 0 aromatic heterocycles. The smallest absolute Gasteiger partial charge is 0.0543 e. The zero-order chi connectivity index (χ0) is 10.8. The van der Waals surface area contributed by atoms with Gasteiger partial charge in [-0.2, -0.15) is 0 Å². The van der Waals surface area contributed by atoms with E-state index in [4.69, 9.17) is 5.11 Å². The molecule has 2 nitrogen and oxygen atoms in total. The van der Waals surface area contributed by atoms with Crippen molar-refractivity contribution in [2.45, 2.75) is 64.9 Å². The third kappa shape index (κ3) is 7.34. The Morgan fingerprint density at radius 3 is 2.07 bits per heavy atom. The molecule has 2 N–H and O–H groups in total. The second-order valence-corrected chi connectivity index (χ2v) is 4.22. The van der Waals surface area contributed by atoms with Crippen molar-refractivity contribution in [3.8, 4) is 0 Å². The van der Waals surface area contributed by atoms with Gasteiger partial charge in [-0.15, -0.1) is 0 Å². The SMILES string of the molecule is CCCCC(O)CC(CO)CCCC. The van der Waals surface area contributed by atoms with Crippen LogP contribution < -0.4 is 0 Å². The molecule has 0 rings (SSSR count). The van der Waals surface area contributed by atoms with Gasteiger partial charge in [-0.3, -0.25) is 0 Å². The molecule has 2 atom stereocenters. The molecule has 0 fully saturated rings. The Morgan fingerprint density at radius 1 is 1.00 bits per heavy atom. The molecule has 86 valence electrons. The van der Waals surface area contributed by atoms with Gasteiger partial charge in [0.15, 0.2) is 0 Å². The lowest BCUT2D eigenvalue weighted by molar-refractivity contribution is 0.103. The number of aliphatic hydroxyl groups is 2. The lowest BCUT2D eigenvalue weighted by atomic mass is 9.94. The highest BCUT2D eigenvalue weighted by molar-refractivity contribution is 4.64. The van der Waals surface area contributed by atoms with Crippen molar-refractivity contribution < 1.29 is 10.2 Å². The third-order valence-electron chi connectivity index (χ3n) is 2.72. The highest BCUT2D eigenvalue weighted by Gasteiger charge is 2.12. The van der Waals surface area contributed by atoms with E-state index in [2.05, 4.69) is 13.8 Å². The molecule has 0 aliphatic carbocycles. The molecule has 0 heterocycles. The minimum Gasteiger partial charge on any atom is -0.396 e. The molecular formula is C12H26O2. The highest BCUT2D eigenvalue weighted by Crippen LogP contribution is 2.17. The van der Waals surface area contributed by atoms with E-state index in [0.29, 0.717) is 5.92 Å². The van der Waals surface area contributed by atoms with E-state index in [1.165, 1.54) is 6.42 Å². The van der Waals surface area contributed by atoms with E-state index in [9.17, 15) is 5.11 Å². The van der Waals surface area contributed by atoms with Gasteiger partial charge >= 0.3 is 0 Å². The van der Waals surface area contributed by atoms with Crippen LogP contribution in [-0.2, 0) is 0 Å².